The molecule has 1 aliphatic heterocycles. The minimum absolute atomic E-state index is 0.173. The Labute approximate surface area is 146 Å². The first-order chi connectivity index (χ1) is 11.4. The zero-order chi connectivity index (χ0) is 17.2. The lowest BCUT2D eigenvalue weighted by molar-refractivity contribution is 0.0601. The number of hydrogen-bond acceptors (Lipinski definition) is 4. The topological polar surface area (TPSA) is 73.2 Å². The molecule has 0 saturated carbocycles. The number of benzene rings is 1. The molecular weight excluding hydrogens is 350 g/mol. The lowest BCUT2D eigenvalue weighted by Gasteiger charge is -2.21. The van der Waals surface area contributed by atoms with Crippen LogP contribution in [0.4, 0.5) is 5.69 Å². The number of aromatic nitrogens is 2. The van der Waals surface area contributed by atoms with Crippen LogP contribution in [0.2, 0.25) is 5.02 Å². The van der Waals surface area contributed by atoms with E-state index in [0.717, 1.165) is 32.6 Å². The summed E-state index contributed by atoms with van der Waals surface area (Å²) in [6, 6.07) is 4.80. The SMILES string of the molecule is Cc1ccc(Cl)cc1S(=O)(=O)Nc1cnn(CC2CCOCC2)c1. The van der Waals surface area contributed by atoms with E-state index >= 15 is 0 Å². The molecule has 1 fully saturated rings. The standard InChI is InChI=1S/C16H20ClN3O3S/c1-12-2-3-14(17)8-16(12)24(21,22)19-15-9-18-20(11-15)10-13-4-6-23-7-5-13/h2-3,8-9,11,13,19H,4-7,10H2,1H3. The summed E-state index contributed by atoms with van der Waals surface area (Å²) in [5, 5.41) is 4.64. The number of anilines is 1. The van der Waals surface area contributed by atoms with Gasteiger partial charge in [-0.2, -0.15) is 5.10 Å². The fourth-order valence-corrected chi connectivity index (χ4v) is 4.32. The number of aryl methyl sites for hydroxylation is 1. The summed E-state index contributed by atoms with van der Waals surface area (Å²) >= 11 is 5.92. The summed E-state index contributed by atoms with van der Waals surface area (Å²) in [7, 11) is -3.69. The van der Waals surface area contributed by atoms with E-state index in [1.165, 1.54) is 12.3 Å². The maximum atomic E-state index is 12.6. The van der Waals surface area contributed by atoms with Gasteiger partial charge in [0.05, 0.1) is 16.8 Å². The average Bonchev–Trinajstić information content (AvgIpc) is 2.97. The Kier molecular flexibility index (Phi) is 5.12. The van der Waals surface area contributed by atoms with Crippen LogP contribution < -0.4 is 4.72 Å². The first kappa shape index (κ1) is 17.3. The molecule has 1 aliphatic rings. The van der Waals surface area contributed by atoms with E-state index in [-0.39, 0.29) is 4.90 Å². The summed E-state index contributed by atoms with van der Waals surface area (Å²) in [6.45, 7) is 4.06. The van der Waals surface area contributed by atoms with Crippen LogP contribution in [0.3, 0.4) is 0 Å². The normalized spacial score (nSPS) is 16.2. The first-order valence-corrected chi connectivity index (χ1v) is 9.69. The Hall–Kier alpha value is -1.57. The Bertz CT molecular complexity index is 814. The molecule has 1 aromatic heterocycles. The van der Waals surface area contributed by atoms with Crippen molar-refractivity contribution in [2.75, 3.05) is 17.9 Å². The molecule has 0 spiro atoms. The van der Waals surface area contributed by atoms with Crippen molar-refractivity contribution in [2.24, 2.45) is 5.92 Å². The highest BCUT2D eigenvalue weighted by molar-refractivity contribution is 7.92. The fraction of sp³-hybridized carbons (Fsp3) is 0.438. The second kappa shape index (κ2) is 7.13. The highest BCUT2D eigenvalue weighted by Gasteiger charge is 2.19. The van der Waals surface area contributed by atoms with Crippen molar-refractivity contribution >= 4 is 27.3 Å². The molecule has 0 bridgehead atoms. The predicted octanol–water partition coefficient (Wildman–Crippen LogP) is 3.07. The van der Waals surface area contributed by atoms with Gasteiger partial charge in [-0.15, -0.1) is 0 Å². The minimum atomic E-state index is -3.69. The number of sulfonamides is 1. The molecular formula is C16H20ClN3O3S. The van der Waals surface area contributed by atoms with Crippen LogP contribution in [0.25, 0.3) is 0 Å². The molecule has 0 atom stereocenters. The highest BCUT2D eigenvalue weighted by Crippen LogP contribution is 2.23. The van der Waals surface area contributed by atoms with Crippen molar-refractivity contribution in [1.29, 1.82) is 0 Å². The number of rotatable bonds is 5. The summed E-state index contributed by atoms with van der Waals surface area (Å²) in [5.41, 5.74) is 1.09. The van der Waals surface area contributed by atoms with E-state index in [1.807, 2.05) is 0 Å². The van der Waals surface area contributed by atoms with Crippen molar-refractivity contribution in [3.63, 3.8) is 0 Å². The molecule has 6 nitrogen and oxygen atoms in total. The van der Waals surface area contributed by atoms with E-state index < -0.39 is 10.0 Å². The molecule has 0 radical (unpaired) electrons. The zero-order valence-electron chi connectivity index (χ0n) is 13.4. The average molecular weight is 370 g/mol. The first-order valence-electron chi connectivity index (χ1n) is 7.83. The van der Waals surface area contributed by atoms with Gasteiger partial charge in [-0.05, 0) is 43.4 Å². The summed E-state index contributed by atoms with van der Waals surface area (Å²) in [5.74, 6) is 0.512. The van der Waals surface area contributed by atoms with Crippen molar-refractivity contribution in [3.05, 3.63) is 41.2 Å². The maximum absolute atomic E-state index is 12.6. The molecule has 1 N–H and O–H groups in total. The molecule has 3 rings (SSSR count). The van der Waals surface area contributed by atoms with Crippen molar-refractivity contribution in [1.82, 2.24) is 9.78 Å². The molecule has 130 valence electrons. The fourth-order valence-electron chi connectivity index (χ4n) is 2.78. The molecule has 0 aliphatic carbocycles. The number of nitrogens with one attached hydrogen (secondary N) is 1. The second-order valence-electron chi connectivity index (χ2n) is 6.02. The van der Waals surface area contributed by atoms with Crippen LogP contribution in [-0.2, 0) is 21.3 Å². The van der Waals surface area contributed by atoms with E-state index in [9.17, 15) is 8.42 Å². The van der Waals surface area contributed by atoms with Gasteiger partial charge in [-0.1, -0.05) is 17.7 Å². The van der Waals surface area contributed by atoms with Gasteiger partial charge in [-0.25, -0.2) is 8.42 Å². The third kappa shape index (κ3) is 4.09. The summed E-state index contributed by atoms with van der Waals surface area (Å²) in [6.07, 6.45) is 5.24. The monoisotopic (exact) mass is 369 g/mol. The van der Waals surface area contributed by atoms with E-state index in [2.05, 4.69) is 9.82 Å². The van der Waals surface area contributed by atoms with Crippen molar-refractivity contribution < 1.29 is 13.2 Å². The summed E-state index contributed by atoms with van der Waals surface area (Å²) in [4.78, 5) is 0.173. The molecule has 0 unspecified atom stereocenters. The van der Waals surface area contributed by atoms with Gasteiger partial charge >= 0.3 is 0 Å². The Morgan fingerprint density at radius 2 is 2.12 bits per heavy atom. The highest BCUT2D eigenvalue weighted by atomic mass is 35.5. The Morgan fingerprint density at radius 3 is 2.88 bits per heavy atom. The van der Waals surface area contributed by atoms with Crippen LogP contribution in [-0.4, -0.2) is 31.4 Å². The van der Waals surface area contributed by atoms with Crippen molar-refractivity contribution in [2.45, 2.75) is 31.2 Å². The van der Waals surface area contributed by atoms with Crippen LogP contribution in [0, 0.1) is 12.8 Å². The lowest BCUT2D eigenvalue weighted by Crippen LogP contribution is -2.20. The van der Waals surface area contributed by atoms with E-state index in [4.69, 9.17) is 16.3 Å². The van der Waals surface area contributed by atoms with Crippen LogP contribution in [0.5, 0.6) is 0 Å². The van der Waals surface area contributed by atoms with Gasteiger partial charge in [0.1, 0.15) is 0 Å². The predicted molar refractivity (Wildman–Crippen MR) is 92.8 cm³/mol. The lowest BCUT2D eigenvalue weighted by atomic mass is 10.0. The molecule has 2 aromatic rings. The van der Waals surface area contributed by atoms with Crippen LogP contribution in [0.15, 0.2) is 35.5 Å². The van der Waals surface area contributed by atoms with Crippen molar-refractivity contribution in [3.8, 4) is 0 Å². The maximum Gasteiger partial charge on any atom is 0.262 e. The smallest absolute Gasteiger partial charge is 0.262 e. The molecule has 1 aromatic carbocycles. The molecule has 8 heteroatoms. The number of nitrogens with zero attached hydrogens (tertiary/aromatic N) is 2. The molecule has 1 saturated heterocycles. The zero-order valence-corrected chi connectivity index (χ0v) is 15.0. The number of ether oxygens (including phenoxy) is 1. The third-order valence-electron chi connectivity index (χ3n) is 4.11. The minimum Gasteiger partial charge on any atom is -0.381 e. The second-order valence-corrected chi connectivity index (χ2v) is 8.11. The number of halogens is 1. The largest absolute Gasteiger partial charge is 0.381 e. The van der Waals surface area contributed by atoms with Crippen LogP contribution in [0.1, 0.15) is 18.4 Å². The van der Waals surface area contributed by atoms with Gasteiger partial charge in [0.2, 0.25) is 0 Å². The van der Waals surface area contributed by atoms with E-state index in [1.54, 1.807) is 29.9 Å². The quantitative estimate of drug-likeness (QED) is 0.879. The van der Waals surface area contributed by atoms with Crippen LogP contribution >= 0.6 is 11.6 Å². The molecule has 0 amide bonds. The molecule has 24 heavy (non-hydrogen) atoms. The molecule has 2 heterocycles. The van der Waals surface area contributed by atoms with Gasteiger partial charge in [-0.3, -0.25) is 9.40 Å². The van der Waals surface area contributed by atoms with E-state index in [0.29, 0.717) is 22.2 Å². The Balaban J connectivity index is 1.72. The van der Waals surface area contributed by atoms with Gasteiger partial charge in [0, 0.05) is 31.0 Å². The third-order valence-corrected chi connectivity index (χ3v) is 5.87. The van der Waals surface area contributed by atoms with Gasteiger partial charge < -0.3 is 4.74 Å². The van der Waals surface area contributed by atoms with Gasteiger partial charge in [0.15, 0.2) is 0 Å². The summed E-state index contributed by atoms with van der Waals surface area (Å²) < 4.78 is 34.8. The Morgan fingerprint density at radius 1 is 1.38 bits per heavy atom. The van der Waals surface area contributed by atoms with Gasteiger partial charge in [0.25, 0.3) is 10.0 Å². The number of hydrogen-bond donors (Lipinski definition) is 1.